The van der Waals surface area contributed by atoms with Gasteiger partial charge in [-0.2, -0.15) is 0 Å². The van der Waals surface area contributed by atoms with E-state index < -0.39 is 0 Å². The lowest BCUT2D eigenvalue weighted by atomic mass is 9.97. The van der Waals surface area contributed by atoms with Crippen molar-refractivity contribution in [1.29, 1.82) is 0 Å². The van der Waals surface area contributed by atoms with Crippen molar-refractivity contribution in [3.05, 3.63) is 50.7 Å². The van der Waals surface area contributed by atoms with E-state index in [9.17, 15) is 4.39 Å². The zero-order valence-corrected chi connectivity index (χ0v) is 12.6. The lowest BCUT2D eigenvalue weighted by Gasteiger charge is -2.21. The Balaban J connectivity index is 2.27. The Labute approximate surface area is 131 Å². The average Bonchev–Trinajstić information content (AvgIpc) is 2.37. The number of halogens is 4. The fourth-order valence-electron chi connectivity index (χ4n) is 2.43. The molecule has 1 aliphatic rings. The van der Waals surface area contributed by atoms with Crippen LogP contribution in [0.2, 0.25) is 15.1 Å². The third-order valence-corrected chi connectivity index (χ3v) is 4.06. The first-order valence-electron chi connectivity index (χ1n) is 6.16. The van der Waals surface area contributed by atoms with Crippen molar-refractivity contribution in [2.75, 3.05) is 6.61 Å². The number of ether oxygens (including phenoxy) is 1. The molecule has 0 saturated heterocycles. The van der Waals surface area contributed by atoms with Gasteiger partial charge in [0.1, 0.15) is 11.6 Å². The number of benzene rings is 2. The van der Waals surface area contributed by atoms with Crippen LogP contribution in [0.5, 0.6) is 5.75 Å². The zero-order chi connectivity index (χ0) is 14.3. The van der Waals surface area contributed by atoms with Crippen molar-refractivity contribution in [2.24, 2.45) is 0 Å². The van der Waals surface area contributed by atoms with Gasteiger partial charge in [0, 0.05) is 16.1 Å². The second kappa shape index (κ2) is 5.44. The molecule has 0 saturated carbocycles. The molecule has 20 heavy (non-hydrogen) atoms. The average molecular weight is 332 g/mol. The van der Waals surface area contributed by atoms with Crippen LogP contribution in [0.3, 0.4) is 0 Å². The molecule has 104 valence electrons. The molecule has 0 unspecified atom stereocenters. The van der Waals surface area contributed by atoms with E-state index in [2.05, 4.69) is 0 Å². The molecular weight excluding hydrogens is 322 g/mol. The molecule has 0 N–H and O–H groups in total. The van der Waals surface area contributed by atoms with Crippen LogP contribution in [0, 0.1) is 5.82 Å². The summed E-state index contributed by atoms with van der Waals surface area (Å²) in [4.78, 5) is 0. The summed E-state index contributed by atoms with van der Waals surface area (Å²) in [6, 6.07) is 6.07. The Kier molecular flexibility index (Phi) is 3.80. The van der Waals surface area contributed by atoms with E-state index in [0.717, 1.165) is 18.4 Å². The van der Waals surface area contributed by atoms with Crippen LogP contribution in [0.25, 0.3) is 11.1 Å². The van der Waals surface area contributed by atoms with Gasteiger partial charge in [0.2, 0.25) is 0 Å². The Hall–Kier alpha value is -0.960. The zero-order valence-electron chi connectivity index (χ0n) is 10.4. The molecule has 0 atom stereocenters. The van der Waals surface area contributed by atoms with Crippen LogP contribution in [-0.4, -0.2) is 6.61 Å². The third-order valence-electron chi connectivity index (χ3n) is 3.24. The van der Waals surface area contributed by atoms with Gasteiger partial charge in [0.25, 0.3) is 0 Å². The molecule has 5 heteroatoms. The predicted octanol–water partition coefficient (Wildman–Crippen LogP) is 5.78. The molecule has 1 nitrogen and oxygen atoms in total. The second-order valence-corrected chi connectivity index (χ2v) is 5.89. The highest BCUT2D eigenvalue weighted by Crippen LogP contribution is 2.44. The topological polar surface area (TPSA) is 9.23 Å². The van der Waals surface area contributed by atoms with Crippen LogP contribution in [0.15, 0.2) is 24.3 Å². The van der Waals surface area contributed by atoms with Crippen molar-refractivity contribution in [3.63, 3.8) is 0 Å². The summed E-state index contributed by atoms with van der Waals surface area (Å²) in [7, 11) is 0. The highest BCUT2D eigenvalue weighted by Gasteiger charge is 2.21. The summed E-state index contributed by atoms with van der Waals surface area (Å²) in [6.45, 7) is 0.606. The Morgan fingerprint density at radius 2 is 1.70 bits per heavy atom. The minimum absolute atomic E-state index is 0.327. The monoisotopic (exact) mass is 330 g/mol. The van der Waals surface area contributed by atoms with Gasteiger partial charge < -0.3 is 4.74 Å². The number of fused-ring (bicyclic) bond motifs is 1. The van der Waals surface area contributed by atoms with Gasteiger partial charge in [-0.15, -0.1) is 0 Å². The summed E-state index contributed by atoms with van der Waals surface area (Å²) in [5.74, 6) is 0.329. The predicted molar refractivity (Wildman–Crippen MR) is 80.7 cm³/mol. The summed E-state index contributed by atoms with van der Waals surface area (Å²) >= 11 is 18.3. The van der Waals surface area contributed by atoms with Crippen molar-refractivity contribution < 1.29 is 9.13 Å². The smallest absolute Gasteiger partial charge is 0.130 e. The fourth-order valence-corrected chi connectivity index (χ4v) is 3.45. The van der Waals surface area contributed by atoms with Gasteiger partial charge in [-0.05, 0) is 42.7 Å². The van der Waals surface area contributed by atoms with Gasteiger partial charge in [0.15, 0.2) is 0 Å². The number of hydrogen-bond donors (Lipinski definition) is 0. The van der Waals surface area contributed by atoms with Crippen molar-refractivity contribution in [1.82, 2.24) is 0 Å². The number of rotatable bonds is 1. The number of hydrogen-bond acceptors (Lipinski definition) is 1. The lowest BCUT2D eigenvalue weighted by molar-refractivity contribution is 0.289. The quantitative estimate of drug-likeness (QED) is 0.644. The molecule has 1 heterocycles. The highest BCUT2D eigenvalue weighted by atomic mass is 35.5. The fraction of sp³-hybridized carbons (Fsp3) is 0.200. The van der Waals surface area contributed by atoms with E-state index in [4.69, 9.17) is 39.5 Å². The minimum Gasteiger partial charge on any atom is -0.493 e. The van der Waals surface area contributed by atoms with E-state index in [-0.39, 0.29) is 5.82 Å². The molecule has 0 amide bonds. The molecule has 1 aliphatic heterocycles. The van der Waals surface area contributed by atoms with Gasteiger partial charge in [-0.1, -0.05) is 34.8 Å². The maximum atomic E-state index is 13.8. The molecule has 0 radical (unpaired) electrons. The first-order valence-corrected chi connectivity index (χ1v) is 7.30. The Bertz CT molecular complexity index is 662. The van der Waals surface area contributed by atoms with E-state index in [0.29, 0.717) is 38.6 Å². The van der Waals surface area contributed by atoms with Crippen molar-refractivity contribution in [3.8, 4) is 16.9 Å². The third kappa shape index (κ3) is 2.48. The van der Waals surface area contributed by atoms with Crippen LogP contribution < -0.4 is 4.74 Å². The molecule has 0 fully saturated rings. The minimum atomic E-state index is -0.327. The van der Waals surface area contributed by atoms with Crippen molar-refractivity contribution in [2.45, 2.75) is 12.8 Å². The molecule has 0 aromatic heterocycles. The van der Waals surface area contributed by atoms with Gasteiger partial charge in [-0.3, -0.25) is 0 Å². The second-order valence-electron chi connectivity index (χ2n) is 4.64. The molecular formula is C15H10Cl3FO. The molecule has 0 aliphatic carbocycles. The number of aryl methyl sites for hydroxylation is 1. The maximum Gasteiger partial charge on any atom is 0.130 e. The van der Waals surface area contributed by atoms with Crippen LogP contribution >= 0.6 is 34.8 Å². The normalized spacial score (nSPS) is 13.8. The van der Waals surface area contributed by atoms with Gasteiger partial charge in [-0.25, -0.2) is 4.39 Å². The van der Waals surface area contributed by atoms with Crippen molar-refractivity contribution >= 4 is 34.8 Å². The van der Waals surface area contributed by atoms with Crippen LogP contribution in [-0.2, 0) is 6.42 Å². The summed E-state index contributed by atoms with van der Waals surface area (Å²) in [5.41, 5.74) is 1.97. The highest BCUT2D eigenvalue weighted by molar-refractivity contribution is 6.42. The Morgan fingerprint density at radius 3 is 2.40 bits per heavy atom. The molecule has 3 rings (SSSR count). The molecule has 0 bridgehead atoms. The largest absolute Gasteiger partial charge is 0.493 e. The van der Waals surface area contributed by atoms with Gasteiger partial charge in [0.05, 0.1) is 16.7 Å². The summed E-state index contributed by atoms with van der Waals surface area (Å²) in [5, 5.41) is 1.20. The van der Waals surface area contributed by atoms with E-state index in [1.54, 1.807) is 12.1 Å². The first kappa shape index (κ1) is 14.0. The van der Waals surface area contributed by atoms with E-state index in [1.165, 1.54) is 12.1 Å². The molecule has 2 aromatic rings. The Morgan fingerprint density at radius 1 is 1.00 bits per heavy atom. The standard InChI is InChI=1S/C15H10Cl3FO/c16-9-5-12(17)14(13(18)6-9)11-7-10(19)4-8-2-1-3-20-15(8)11/h4-7H,1-3H2. The van der Waals surface area contributed by atoms with E-state index >= 15 is 0 Å². The van der Waals surface area contributed by atoms with Gasteiger partial charge >= 0.3 is 0 Å². The maximum absolute atomic E-state index is 13.8. The summed E-state index contributed by atoms with van der Waals surface area (Å²) < 4.78 is 19.5. The van der Waals surface area contributed by atoms with E-state index in [1.807, 2.05) is 0 Å². The van der Waals surface area contributed by atoms with Crippen LogP contribution in [0.4, 0.5) is 4.39 Å². The lowest BCUT2D eigenvalue weighted by Crippen LogP contribution is -2.10. The summed E-state index contributed by atoms with van der Waals surface area (Å²) in [6.07, 6.45) is 1.65. The molecule has 2 aromatic carbocycles. The first-order chi connectivity index (χ1) is 9.56. The molecule has 0 spiro atoms. The SMILES string of the molecule is Fc1cc2c(c(-c3c(Cl)cc(Cl)cc3Cl)c1)OCCC2. The van der Waals surface area contributed by atoms with Crippen LogP contribution in [0.1, 0.15) is 12.0 Å².